The molecule has 2 fully saturated rings. The maximum absolute atomic E-state index is 13.8. The molecule has 434 valence electrons. The second-order valence-corrected chi connectivity index (χ2v) is 23.9. The van der Waals surface area contributed by atoms with E-state index in [1.54, 1.807) is 39.3 Å². The van der Waals surface area contributed by atoms with Gasteiger partial charge in [-0.05, 0) is 89.7 Å². The van der Waals surface area contributed by atoms with E-state index in [0.717, 1.165) is 63.1 Å². The van der Waals surface area contributed by atoms with Crippen molar-refractivity contribution in [2.45, 2.75) is 187 Å². The Morgan fingerprint density at radius 3 is 1.57 bits per heavy atom. The lowest BCUT2D eigenvalue weighted by Gasteiger charge is -2.28. The molecular formula is C56H78I3N9O8S3. The van der Waals surface area contributed by atoms with Gasteiger partial charge in [0.25, 0.3) is 0 Å². The van der Waals surface area contributed by atoms with Crippen molar-refractivity contribution in [1.82, 2.24) is 46.0 Å². The van der Waals surface area contributed by atoms with E-state index >= 15 is 0 Å². The minimum Gasteiger partial charge on any atom is -0.480 e. The Morgan fingerprint density at radius 1 is 0.709 bits per heavy atom. The largest absolute Gasteiger partial charge is 0.480 e. The maximum Gasteiger partial charge on any atom is 0.407 e. The van der Waals surface area contributed by atoms with Gasteiger partial charge in [0.15, 0.2) is 6.04 Å². The molecule has 6 amide bonds. The zero-order chi connectivity index (χ0) is 56.8. The van der Waals surface area contributed by atoms with Crippen molar-refractivity contribution < 1.29 is 38.6 Å². The number of carboxylic acids is 1. The van der Waals surface area contributed by atoms with Gasteiger partial charge in [-0.3, -0.25) is 9.78 Å². The van der Waals surface area contributed by atoms with Gasteiger partial charge in [-0.15, -0.1) is 58.0 Å². The predicted molar refractivity (Wildman–Crippen MR) is 342 cm³/mol. The number of benzene rings is 2. The number of thiazole rings is 3. The summed E-state index contributed by atoms with van der Waals surface area (Å²) in [6.45, 7) is 16.8. The highest BCUT2D eigenvalue weighted by Gasteiger charge is 2.37. The molecule has 3 heterocycles. The van der Waals surface area contributed by atoms with Gasteiger partial charge in [-0.2, -0.15) is 0 Å². The van der Waals surface area contributed by atoms with Crippen molar-refractivity contribution in [3.05, 3.63) is 121 Å². The Hall–Kier alpha value is -3.77. The van der Waals surface area contributed by atoms with E-state index in [4.69, 9.17) is 14.5 Å². The topological polar surface area (TPSA) is 217 Å². The van der Waals surface area contributed by atoms with Gasteiger partial charge in [0.2, 0.25) is 5.91 Å². The van der Waals surface area contributed by atoms with Crippen LogP contribution < -0.4 is 21.3 Å². The van der Waals surface area contributed by atoms with Crippen LogP contribution in [0.1, 0.15) is 150 Å². The molecule has 5 N–H and O–H groups in total. The van der Waals surface area contributed by atoms with E-state index in [1.807, 2.05) is 104 Å². The molecule has 79 heavy (non-hydrogen) atoms. The van der Waals surface area contributed by atoms with Crippen molar-refractivity contribution in [3.8, 4) is 0 Å². The number of aromatic nitrogens is 3. The third kappa shape index (κ3) is 24.7. The number of ether oxygens (including phenoxy) is 2. The molecule has 4 atom stereocenters. The van der Waals surface area contributed by atoms with Crippen LogP contribution in [0.25, 0.3) is 0 Å². The Bertz CT molecular complexity index is 2600. The summed E-state index contributed by atoms with van der Waals surface area (Å²) in [5.41, 5.74) is 5.15. The Kier molecular flexibility index (Phi) is 29.7. The average Bonchev–Trinajstić information content (AvgIpc) is 4.27. The van der Waals surface area contributed by atoms with Gasteiger partial charge < -0.3 is 45.6 Å². The Labute approximate surface area is 518 Å². The highest BCUT2D eigenvalue weighted by molar-refractivity contribution is 15.0. The number of nitrogens with zero attached hydrogens (tertiary/aromatic N) is 5. The molecule has 2 saturated carbocycles. The quantitative estimate of drug-likeness (QED) is 0.0328. The number of alkyl carbamates (subject to hydrolysis) is 1. The minimum atomic E-state index is -1.10. The standard InChI is InChI=1S/C38H48N6O4S2.C18H29N3O4S.I2.HI/c1-4-34(43-37(46)44(32-17-18-32)22-31-24-49-36(41-31)26(2)3)35(45)40-29(19-27-11-7-5-8-12-27)15-16-30(20-28-13-9-6-10-14-28)42-38(47)48-23-33-21-39-25-50-33;1-11(2)15-19-12(10-26-15)8-21(13-6-7-13)17(24)20-14(16(22)23)9-25-18(3,4)5;1-2;/h5-14,21,24-26,29-30,32,34H,4,15-20,22-23H2,1-3H3,(H,40,45)(H,42,47)(H,43,46);10-11,13-14H,6-9H2,1-5H3,(H,20,24)(H,22,23);;1H/t29-,30-,34+;14-;;/m10../s1. The lowest BCUT2D eigenvalue weighted by Crippen LogP contribution is -2.53. The SMILES string of the molecule is CC(C)c1nc(CN(C(=O)N[C@@H](COC(C)(C)C)C(=O)O)C2CC2)cs1.CC[C@H](NC(=O)N(Cc1csc(C(C)C)n1)C1CC1)C(=O)N[C@H](CC[C@H](Cc1ccccc1)NC(=O)OCc1cncs1)Cc1ccccc1.I.II. The van der Waals surface area contributed by atoms with Crippen LogP contribution in [-0.4, -0.2) is 108 Å². The number of rotatable bonds is 26. The van der Waals surface area contributed by atoms with Gasteiger partial charge in [0.1, 0.15) is 12.6 Å². The molecular weight excluding hydrogens is 1400 g/mol. The van der Waals surface area contributed by atoms with Gasteiger partial charge in [-0.1, -0.05) is 95.3 Å². The Balaban J connectivity index is 0.000000391. The maximum atomic E-state index is 13.8. The molecule has 2 aliphatic rings. The zero-order valence-electron chi connectivity index (χ0n) is 46.3. The summed E-state index contributed by atoms with van der Waals surface area (Å²) < 4.78 is 11.0. The first kappa shape index (κ1) is 67.7. The highest BCUT2D eigenvalue weighted by atomic mass is 128. The molecule has 0 spiro atoms. The third-order valence-electron chi connectivity index (χ3n) is 12.6. The second kappa shape index (κ2) is 34.6. The van der Waals surface area contributed by atoms with E-state index in [-0.39, 0.29) is 79.3 Å². The van der Waals surface area contributed by atoms with Crippen molar-refractivity contribution in [2.75, 3.05) is 6.61 Å². The summed E-state index contributed by atoms with van der Waals surface area (Å²) in [5, 5.41) is 27.4. The molecule has 5 aromatic rings. The van der Waals surface area contributed by atoms with Crippen LogP contribution in [0.5, 0.6) is 0 Å². The van der Waals surface area contributed by atoms with Crippen LogP contribution in [0.3, 0.4) is 0 Å². The predicted octanol–water partition coefficient (Wildman–Crippen LogP) is 12.8. The van der Waals surface area contributed by atoms with Crippen molar-refractivity contribution in [2.24, 2.45) is 0 Å². The molecule has 0 radical (unpaired) electrons. The molecule has 0 aliphatic heterocycles. The van der Waals surface area contributed by atoms with Crippen LogP contribution in [0.2, 0.25) is 0 Å². The summed E-state index contributed by atoms with van der Waals surface area (Å²) in [7, 11) is 0. The van der Waals surface area contributed by atoms with E-state index in [0.29, 0.717) is 57.0 Å². The number of urea groups is 2. The van der Waals surface area contributed by atoms with E-state index < -0.39 is 29.7 Å². The van der Waals surface area contributed by atoms with Crippen molar-refractivity contribution in [1.29, 1.82) is 0 Å². The molecule has 2 aliphatic carbocycles. The molecule has 0 unspecified atom stereocenters. The van der Waals surface area contributed by atoms with Gasteiger partial charge >= 0.3 is 24.1 Å². The zero-order valence-corrected chi connectivity index (χ0v) is 55.4. The second-order valence-electron chi connectivity index (χ2n) is 21.1. The van der Waals surface area contributed by atoms with Gasteiger partial charge in [-0.25, -0.2) is 29.1 Å². The van der Waals surface area contributed by atoms with Crippen molar-refractivity contribution >= 4 is 125 Å². The fourth-order valence-electron chi connectivity index (χ4n) is 8.11. The van der Waals surface area contributed by atoms with Crippen LogP contribution in [0, 0.1) is 0 Å². The Morgan fingerprint density at radius 2 is 1.18 bits per heavy atom. The molecule has 0 bridgehead atoms. The smallest absolute Gasteiger partial charge is 0.407 e. The summed E-state index contributed by atoms with van der Waals surface area (Å²) in [6.07, 6.45) is 7.86. The van der Waals surface area contributed by atoms with Crippen LogP contribution in [0.15, 0.2) is 83.1 Å². The fraction of sp³-hybridized carbons (Fsp3) is 0.536. The number of aliphatic carboxylic acids is 1. The fourth-order valence-corrected chi connectivity index (χ4v) is 10.3. The first-order valence-corrected chi connectivity index (χ1v) is 35.5. The molecule has 7 rings (SSSR count). The number of carbonyl (C=O) groups excluding carboxylic acids is 4. The summed E-state index contributed by atoms with van der Waals surface area (Å²) in [5.74, 6) is -0.636. The molecule has 2 aromatic carbocycles. The first-order chi connectivity index (χ1) is 37.3. The number of hydrogen-bond acceptors (Lipinski definition) is 13. The van der Waals surface area contributed by atoms with Crippen LogP contribution >= 0.6 is 95.2 Å². The van der Waals surface area contributed by atoms with Gasteiger partial charge in [0, 0.05) is 90.2 Å². The number of hydrogen-bond donors (Lipinski definition) is 5. The molecule has 17 nitrogen and oxygen atoms in total. The number of amides is 6. The minimum absolute atomic E-state index is 0. The average molecular weight is 1480 g/mol. The summed E-state index contributed by atoms with van der Waals surface area (Å²) >= 11 is 8.88. The number of nitrogens with one attached hydrogen (secondary N) is 4. The van der Waals surface area contributed by atoms with Crippen molar-refractivity contribution in [3.63, 3.8) is 0 Å². The van der Waals surface area contributed by atoms with Crippen LogP contribution in [-0.2, 0) is 51.6 Å². The third-order valence-corrected chi connectivity index (χ3v) is 15.7. The normalized spacial score (nSPS) is 14.4. The number of carbonyl (C=O) groups is 5. The molecule has 0 saturated heterocycles. The lowest BCUT2D eigenvalue weighted by atomic mass is 9.95. The van der Waals surface area contributed by atoms with E-state index in [2.05, 4.69) is 96.2 Å². The summed E-state index contributed by atoms with van der Waals surface area (Å²) in [6, 6.07) is 17.5. The van der Waals surface area contributed by atoms with E-state index in [9.17, 15) is 29.1 Å². The highest BCUT2D eigenvalue weighted by Crippen LogP contribution is 2.31. The number of halogens is 3. The molecule has 23 heteroatoms. The first-order valence-electron chi connectivity index (χ1n) is 26.6. The lowest BCUT2D eigenvalue weighted by molar-refractivity contribution is -0.142. The summed E-state index contributed by atoms with van der Waals surface area (Å²) in [4.78, 5) is 82.2. The van der Waals surface area contributed by atoms with E-state index in [1.165, 1.54) is 11.3 Å². The molecule has 3 aromatic heterocycles. The monoisotopic (exact) mass is 1480 g/mol. The van der Waals surface area contributed by atoms with Crippen LogP contribution in [0.4, 0.5) is 14.4 Å². The number of carboxylic acid groups (broad SMARTS) is 1. The van der Waals surface area contributed by atoms with Gasteiger partial charge in [0.05, 0.1) is 57.1 Å².